The molecule has 0 fully saturated rings. The fourth-order valence-corrected chi connectivity index (χ4v) is 0.689. The molecule has 0 saturated heterocycles. The molecule has 0 aliphatic carbocycles. The van der Waals surface area contributed by atoms with Crippen LogP contribution in [-0.4, -0.2) is 4.92 Å². The number of rotatable bonds is 1. The number of hydrogen-bond donors (Lipinski definition) is 1. The Kier molecular flexibility index (Phi) is 3.50. The van der Waals surface area contributed by atoms with Crippen molar-refractivity contribution in [1.29, 1.82) is 0 Å². The number of nitro groups is 1. The van der Waals surface area contributed by atoms with Crippen molar-refractivity contribution < 1.29 is 4.92 Å². The second-order valence-electron chi connectivity index (χ2n) is 1.73. The maximum absolute atomic E-state index is 10.1. The molecule has 0 atom stereocenters. The summed E-state index contributed by atoms with van der Waals surface area (Å²) in [6.45, 7) is 0. The molecule has 1 rings (SSSR count). The molecule has 1 aromatic carbocycles. The smallest absolute Gasteiger partial charge is 0.269 e. The average molecular weight is 175 g/mol. The second kappa shape index (κ2) is 3.90. The Hall–Kier alpha value is -1.13. The minimum Gasteiger partial charge on any atom is -0.344 e. The highest BCUT2D eigenvalue weighted by atomic mass is 35.5. The largest absolute Gasteiger partial charge is 0.344 e. The SMILES string of the molecule is N.O=[N+]([O-])c1ccc(Cl)cc1. The molecule has 3 N–H and O–H groups in total. The Bertz CT molecular complexity index is 247. The Morgan fingerprint density at radius 2 is 1.73 bits per heavy atom. The van der Waals surface area contributed by atoms with E-state index in [2.05, 4.69) is 0 Å². The molecule has 0 radical (unpaired) electrons. The number of benzene rings is 1. The predicted molar refractivity (Wildman–Crippen MR) is 43.1 cm³/mol. The fraction of sp³-hybridized carbons (Fsp3) is 0. The van der Waals surface area contributed by atoms with Crippen molar-refractivity contribution >= 4 is 17.3 Å². The zero-order valence-corrected chi connectivity index (χ0v) is 6.41. The van der Waals surface area contributed by atoms with Gasteiger partial charge in [0.15, 0.2) is 0 Å². The lowest BCUT2D eigenvalue weighted by Crippen LogP contribution is -1.85. The summed E-state index contributed by atoms with van der Waals surface area (Å²) in [6, 6.07) is 5.70. The first kappa shape index (κ1) is 9.87. The van der Waals surface area contributed by atoms with E-state index >= 15 is 0 Å². The molecule has 0 aliphatic heterocycles. The third kappa shape index (κ3) is 2.53. The molecule has 5 heteroatoms. The standard InChI is InChI=1S/C6H4ClNO2.H3N/c7-5-1-3-6(4-2-5)8(9)10;/h1-4H;1H3. The summed E-state index contributed by atoms with van der Waals surface area (Å²) < 4.78 is 0. The summed E-state index contributed by atoms with van der Waals surface area (Å²) in [6.07, 6.45) is 0. The van der Waals surface area contributed by atoms with Gasteiger partial charge in [0.25, 0.3) is 5.69 Å². The van der Waals surface area contributed by atoms with Crippen LogP contribution in [0.15, 0.2) is 24.3 Å². The highest BCUT2D eigenvalue weighted by molar-refractivity contribution is 6.30. The monoisotopic (exact) mass is 174 g/mol. The van der Waals surface area contributed by atoms with Gasteiger partial charge in [-0.05, 0) is 12.1 Å². The topological polar surface area (TPSA) is 78.1 Å². The van der Waals surface area contributed by atoms with Gasteiger partial charge in [-0.15, -0.1) is 0 Å². The molecule has 4 nitrogen and oxygen atoms in total. The number of hydrogen-bond acceptors (Lipinski definition) is 3. The lowest BCUT2D eigenvalue weighted by atomic mass is 10.3. The molecule has 0 aromatic heterocycles. The quantitative estimate of drug-likeness (QED) is 0.525. The highest BCUT2D eigenvalue weighted by Crippen LogP contribution is 2.14. The Labute approximate surface area is 68.5 Å². The van der Waals surface area contributed by atoms with Crippen LogP contribution in [0.4, 0.5) is 5.69 Å². The minimum atomic E-state index is -0.462. The van der Waals surface area contributed by atoms with E-state index in [1.165, 1.54) is 24.3 Å². The van der Waals surface area contributed by atoms with Gasteiger partial charge in [0.1, 0.15) is 0 Å². The number of non-ortho nitro benzene ring substituents is 1. The summed E-state index contributed by atoms with van der Waals surface area (Å²) in [4.78, 5) is 9.61. The molecule has 60 valence electrons. The molecule has 1 aromatic rings. The third-order valence-electron chi connectivity index (χ3n) is 1.04. The lowest BCUT2D eigenvalue weighted by molar-refractivity contribution is -0.384. The van der Waals surface area contributed by atoms with Gasteiger partial charge < -0.3 is 6.15 Å². The van der Waals surface area contributed by atoms with Crippen molar-refractivity contribution in [2.24, 2.45) is 0 Å². The zero-order chi connectivity index (χ0) is 7.56. The predicted octanol–water partition coefficient (Wildman–Crippen LogP) is 2.41. The molecule has 0 heterocycles. The molecular formula is C6H7ClN2O2. The maximum atomic E-state index is 10.1. The van der Waals surface area contributed by atoms with Crippen LogP contribution in [0.2, 0.25) is 5.02 Å². The van der Waals surface area contributed by atoms with Crippen molar-refractivity contribution in [3.8, 4) is 0 Å². The first-order chi connectivity index (χ1) is 4.70. The van der Waals surface area contributed by atoms with Crippen LogP contribution in [0.3, 0.4) is 0 Å². The molecule has 0 spiro atoms. The first-order valence-corrected chi connectivity index (χ1v) is 2.98. The normalized spacial score (nSPS) is 8.45. The van der Waals surface area contributed by atoms with E-state index < -0.39 is 4.92 Å². The Balaban J connectivity index is 0.000001000. The molecule has 0 bridgehead atoms. The van der Waals surface area contributed by atoms with Gasteiger partial charge in [0.2, 0.25) is 0 Å². The van der Waals surface area contributed by atoms with Crippen LogP contribution < -0.4 is 6.15 Å². The minimum absolute atomic E-state index is 0. The van der Waals surface area contributed by atoms with Crippen LogP contribution in [-0.2, 0) is 0 Å². The molecule has 11 heavy (non-hydrogen) atoms. The Morgan fingerprint density at radius 1 is 1.27 bits per heavy atom. The number of nitrogens with zero attached hydrogens (tertiary/aromatic N) is 1. The van der Waals surface area contributed by atoms with E-state index in [1.807, 2.05) is 0 Å². The van der Waals surface area contributed by atoms with Gasteiger partial charge >= 0.3 is 0 Å². The zero-order valence-electron chi connectivity index (χ0n) is 5.66. The third-order valence-corrected chi connectivity index (χ3v) is 1.29. The fourth-order valence-electron chi connectivity index (χ4n) is 0.563. The van der Waals surface area contributed by atoms with Gasteiger partial charge in [-0.25, -0.2) is 0 Å². The number of nitro benzene ring substituents is 1. The van der Waals surface area contributed by atoms with E-state index in [0.717, 1.165) is 0 Å². The Morgan fingerprint density at radius 3 is 2.09 bits per heavy atom. The van der Waals surface area contributed by atoms with E-state index in [9.17, 15) is 10.1 Å². The van der Waals surface area contributed by atoms with Gasteiger partial charge in [0.05, 0.1) is 4.92 Å². The van der Waals surface area contributed by atoms with Crippen LogP contribution >= 0.6 is 11.6 Å². The van der Waals surface area contributed by atoms with Gasteiger partial charge in [-0.3, -0.25) is 10.1 Å². The van der Waals surface area contributed by atoms with E-state index in [4.69, 9.17) is 11.6 Å². The van der Waals surface area contributed by atoms with Gasteiger partial charge in [-0.2, -0.15) is 0 Å². The first-order valence-electron chi connectivity index (χ1n) is 2.60. The summed E-state index contributed by atoms with van der Waals surface area (Å²) in [5.41, 5.74) is 0.0596. The van der Waals surface area contributed by atoms with Crippen molar-refractivity contribution in [2.75, 3.05) is 0 Å². The summed E-state index contributed by atoms with van der Waals surface area (Å²) in [5, 5.41) is 10.6. The van der Waals surface area contributed by atoms with E-state index in [0.29, 0.717) is 5.02 Å². The van der Waals surface area contributed by atoms with E-state index in [-0.39, 0.29) is 11.8 Å². The highest BCUT2D eigenvalue weighted by Gasteiger charge is 2.01. The van der Waals surface area contributed by atoms with Gasteiger partial charge in [0, 0.05) is 17.2 Å². The van der Waals surface area contributed by atoms with Crippen LogP contribution in [0.1, 0.15) is 0 Å². The maximum Gasteiger partial charge on any atom is 0.269 e. The van der Waals surface area contributed by atoms with Crippen LogP contribution in [0.5, 0.6) is 0 Å². The lowest BCUT2D eigenvalue weighted by Gasteiger charge is -1.88. The second-order valence-corrected chi connectivity index (χ2v) is 2.17. The molecule has 0 saturated carbocycles. The molecule has 0 amide bonds. The summed E-state index contributed by atoms with van der Waals surface area (Å²) in [7, 11) is 0. The summed E-state index contributed by atoms with van der Waals surface area (Å²) >= 11 is 5.49. The number of halogens is 1. The van der Waals surface area contributed by atoms with Crippen molar-refractivity contribution in [3.05, 3.63) is 39.4 Å². The average Bonchev–Trinajstić information content (AvgIpc) is 1.88. The van der Waals surface area contributed by atoms with Crippen molar-refractivity contribution in [3.63, 3.8) is 0 Å². The van der Waals surface area contributed by atoms with Crippen molar-refractivity contribution in [2.45, 2.75) is 0 Å². The molecule has 0 unspecified atom stereocenters. The molecule has 0 aliphatic rings. The van der Waals surface area contributed by atoms with Gasteiger partial charge in [-0.1, -0.05) is 11.6 Å². The van der Waals surface area contributed by atoms with E-state index in [1.54, 1.807) is 0 Å². The van der Waals surface area contributed by atoms with Crippen molar-refractivity contribution in [1.82, 2.24) is 6.15 Å². The molecular weight excluding hydrogens is 168 g/mol. The van der Waals surface area contributed by atoms with Crippen LogP contribution in [0.25, 0.3) is 0 Å². The van der Waals surface area contributed by atoms with Crippen LogP contribution in [0, 0.1) is 10.1 Å². The summed E-state index contributed by atoms with van der Waals surface area (Å²) in [5.74, 6) is 0.